The largest absolute Gasteiger partial charge is 0.488 e. The number of likely N-dealkylation sites (N-methyl/N-ethyl adjacent to an activating group) is 1. The Kier molecular flexibility index (Phi) is 3.40. The lowest BCUT2D eigenvalue weighted by molar-refractivity contribution is -0.0869. The SMILES string of the molecule is CNC1CC(Oc2ccc3ccccc3c2)C1OC. The van der Waals surface area contributed by atoms with Crippen molar-refractivity contribution in [3.63, 3.8) is 0 Å². The van der Waals surface area contributed by atoms with Crippen molar-refractivity contribution in [2.45, 2.75) is 24.7 Å². The van der Waals surface area contributed by atoms with Crippen LogP contribution in [0.5, 0.6) is 5.75 Å². The monoisotopic (exact) mass is 257 g/mol. The lowest BCUT2D eigenvalue weighted by Crippen LogP contribution is -2.60. The minimum Gasteiger partial charge on any atom is -0.488 e. The zero-order valence-corrected chi connectivity index (χ0v) is 11.3. The van der Waals surface area contributed by atoms with Crippen LogP contribution in [0.4, 0.5) is 0 Å². The molecular weight excluding hydrogens is 238 g/mol. The van der Waals surface area contributed by atoms with Crippen molar-refractivity contribution in [3.05, 3.63) is 42.5 Å². The molecule has 2 aromatic carbocycles. The average Bonchev–Trinajstić information content (AvgIpc) is 2.43. The number of ether oxygens (including phenoxy) is 2. The minimum absolute atomic E-state index is 0.136. The van der Waals surface area contributed by atoms with Gasteiger partial charge in [-0.1, -0.05) is 30.3 Å². The first-order valence-corrected chi connectivity index (χ1v) is 6.67. The topological polar surface area (TPSA) is 30.5 Å². The van der Waals surface area contributed by atoms with Crippen LogP contribution in [0, 0.1) is 0 Å². The fourth-order valence-electron chi connectivity index (χ4n) is 2.71. The highest BCUT2D eigenvalue weighted by atomic mass is 16.5. The van der Waals surface area contributed by atoms with Crippen molar-refractivity contribution >= 4 is 10.8 Å². The van der Waals surface area contributed by atoms with Crippen molar-refractivity contribution in [1.29, 1.82) is 0 Å². The maximum atomic E-state index is 6.03. The summed E-state index contributed by atoms with van der Waals surface area (Å²) in [5, 5.41) is 5.69. The van der Waals surface area contributed by atoms with Gasteiger partial charge in [-0.05, 0) is 30.0 Å². The molecule has 3 unspecified atom stereocenters. The van der Waals surface area contributed by atoms with Crippen LogP contribution in [0.2, 0.25) is 0 Å². The highest BCUT2D eigenvalue weighted by Gasteiger charge is 2.42. The Hall–Kier alpha value is -1.58. The summed E-state index contributed by atoms with van der Waals surface area (Å²) in [6, 6.07) is 14.9. The predicted molar refractivity (Wildman–Crippen MR) is 76.6 cm³/mol. The summed E-state index contributed by atoms with van der Waals surface area (Å²) in [6.07, 6.45) is 1.27. The van der Waals surface area contributed by atoms with Crippen LogP contribution in [-0.2, 0) is 4.74 Å². The molecule has 0 radical (unpaired) electrons. The van der Waals surface area contributed by atoms with E-state index in [1.807, 2.05) is 25.2 Å². The number of hydrogen-bond acceptors (Lipinski definition) is 3. The maximum absolute atomic E-state index is 6.03. The second kappa shape index (κ2) is 5.19. The van der Waals surface area contributed by atoms with Gasteiger partial charge in [0.15, 0.2) is 0 Å². The Morgan fingerprint density at radius 1 is 1.11 bits per heavy atom. The highest BCUT2D eigenvalue weighted by Crippen LogP contribution is 2.30. The maximum Gasteiger partial charge on any atom is 0.128 e. The van der Waals surface area contributed by atoms with Crippen molar-refractivity contribution in [1.82, 2.24) is 5.32 Å². The van der Waals surface area contributed by atoms with Crippen LogP contribution < -0.4 is 10.1 Å². The van der Waals surface area contributed by atoms with E-state index in [9.17, 15) is 0 Å². The molecule has 0 aromatic heterocycles. The Bertz CT molecular complexity index is 569. The molecule has 3 atom stereocenters. The number of methoxy groups -OCH3 is 1. The summed E-state index contributed by atoms with van der Waals surface area (Å²) in [6.45, 7) is 0. The van der Waals surface area contributed by atoms with Gasteiger partial charge in [-0.25, -0.2) is 0 Å². The molecule has 3 rings (SSSR count). The average molecular weight is 257 g/mol. The van der Waals surface area contributed by atoms with E-state index < -0.39 is 0 Å². The molecular formula is C16H19NO2. The normalized spacial score (nSPS) is 26.1. The molecule has 0 amide bonds. The van der Waals surface area contributed by atoms with Crippen molar-refractivity contribution in [2.75, 3.05) is 14.2 Å². The quantitative estimate of drug-likeness (QED) is 0.913. The summed E-state index contributed by atoms with van der Waals surface area (Å²) in [5.41, 5.74) is 0. The van der Waals surface area contributed by atoms with Crippen molar-refractivity contribution < 1.29 is 9.47 Å². The lowest BCUT2D eigenvalue weighted by atomic mass is 9.85. The molecule has 1 saturated carbocycles. The molecule has 0 spiro atoms. The molecule has 3 heteroatoms. The third-order valence-corrected chi connectivity index (χ3v) is 3.90. The van der Waals surface area contributed by atoms with Gasteiger partial charge in [-0.2, -0.15) is 0 Å². The fraction of sp³-hybridized carbons (Fsp3) is 0.375. The molecule has 1 N–H and O–H groups in total. The molecule has 19 heavy (non-hydrogen) atoms. The van der Waals surface area contributed by atoms with E-state index in [2.05, 4.69) is 29.6 Å². The first-order chi connectivity index (χ1) is 9.31. The minimum atomic E-state index is 0.136. The zero-order valence-electron chi connectivity index (χ0n) is 11.3. The van der Waals surface area contributed by atoms with Crippen LogP contribution in [0.25, 0.3) is 10.8 Å². The Balaban J connectivity index is 1.75. The van der Waals surface area contributed by atoms with E-state index in [0.717, 1.165) is 12.2 Å². The molecule has 0 saturated heterocycles. The molecule has 0 aliphatic heterocycles. The standard InChI is InChI=1S/C16H19NO2/c1-17-14-10-15(16(14)18-2)19-13-8-7-11-5-3-4-6-12(11)9-13/h3-9,14-17H,10H2,1-2H3. The second-order valence-corrected chi connectivity index (χ2v) is 5.00. The number of nitrogens with one attached hydrogen (secondary N) is 1. The van der Waals surface area contributed by atoms with Crippen LogP contribution in [0.15, 0.2) is 42.5 Å². The van der Waals surface area contributed by atoms with Gasteiger partial charge in [0.05, 0.1) is 0 Å². The van der Waals surface area contributed by atoms with Crippen LogP contribution in [0.1, 0.15) is 6.42 Å². The molecule has 3 nitrogen and oxygen atoms in total. The molecule has 1 aliphatic carbocycles. The van der Waals surface area contributed by atoms with Gasteiger partial charge in [0.2, 0.25) is 0 Å². The number of hydrogen-bond donors (Lipinski definition) is 1. The third kappa shape index (κ3) is 2.31. The van der Waals surface area contributed by atoms with Crippen LogP contribution in [0.3, 0.4) is 0 Å². The van der Waals surface area contributed by atoms with Crippen LogP contribution in [-0.4, -0.2) is 32.4 Å². The van der Waals surface area contributed by atoms with E-state index in [4.69, 9.17) is 9.47 Å². The van der Waals surface area contributed by atoms with Gasteiger partial charge < -0.3 is 14.8 Å². The van der Waals surface area contributed by atoms with E-state index in [1.54, 1.807) is 7.11 Å². The zero-order chi connectivity index (χ0) is 13.2. The van der Waals surface area contributed by atoms with Gasteiger partial charge in [0, 0.05) is 19.6 Å². The number of benzene rings is 2. The molecule has 1 aliphatic rings. The fourth-order valence-corrected chi connectivity index (χ4v) is 2.71. The van der Waals surface area contributed by atoms with E-state index in [-0.39, 0.29) is 12.2 Å². The molecule has 2 aromatic rings. The summed E-state index contributed by atoms with van der Waals surface area (Å²) >= 11 is 0. The Morgan fingerprint density at radius 2 is 1.89 bits per heavy atom. The van der Waals surface area contributed by atoms with Gasteiger partial charge in [0.1, 0.15) is 18.0 Å². The Morgan fingerprint density at radius 3 is 2.63 bits per heavy atom. The first kappa shape index (κ1) is 12.5. The van der Waals surface area contributed by atoms with Crippen molar-refractivity contribution in [3.8, 4) is 5.75 Å². The number of rotatable bonds is 4. The third-order valence-electron chi connectivity index (χ3n) is 3.90. The highest BCUT2D eigenvalue weighted by molar-refractivity contribution is 5.83. The first-order valence-electron chi connectivity index (χ1n) is 6.67. The molecule has 1 fully saturated rings. The summed E-state index contributed by atoms with van der Waals surface area (Å²) < 4.78 is 11.5. The molecule has 0 heterocycles. The van der Waals surface area contributed by atoms with Gasteiger partial charge in [0.25, 0.3) is 0 Å². The van der Waals surface area contributed by atoms with E-state index in [0.29, 0.717) is 6.04 Å². The van der Waals surface area contributed by atoms with Crippen LogP contribution >= 0.6 is 0 Å². The molecule has 100 valence electrons. The van der Waals surface area contributed by atoms with Gasteiger partial charge in [-0.15, -0.1) is 0 Å². The molecule has 0 bridgehead atoms. The summed E-state index contributed by atoms with van der Waals surface area (Å²) in [4.78, 5) is 0. The number of fused-ring (bicyclic) bond motifs is 1. The Labute approximate surface area is 113 Å². The van der Waals surface area contributed by atoms with E-state index >= 15 is 0 Å². The predicted octanol–water partition coefficient (Wildman–Crippen LogP) is 2.59. The van der Waals surface area contributed by atoms with Gasteiger partial charge in [-0.3, -0.25) is 0 Å². The van der Waals surface area contributed by atoms with Crippen molar-refractivity contribution in [2.24, 2.45) is 0 Å². The second-order valence-electron chi connectivity index (χ2n) is 5.00. The smallest absolute Gasteiger partial charge is 0.128 e. The van der Waals surface area contributed by atoms with E-state index in [1.165, 1.54) is 10.8 Å². The summed E-state index contributed by atoms with van der Waals surface area (Å²) in [5.74, 6) is 0.917. The summed E-state index contributed by atoms with van der Waals surface area (Å²) in [7, 11) is 3.70. The van der Waals surface area contributed by atoms with Gasteiger partial charge >= 0.3 is 0 Å². The lowest BCUT2D eigenvalue weighted by Gasteiger charge is -2.43.